The predicted molar refractivity (Wildman–Crippen MR) is 73.2 cm³/mol. The number of hydrogen-bond acceptors (Lipinski definition) is 4. The van der Waals surface area contributed by atoms with Crippen LogP contribution < -0.4 is 0 Å². The lowest BCUT2D eigenvalue weighted by atomic mass is 10.1. The van der Waals surface area contributed by atoms with Crippen LogP contribution in [0.25, 0.3) is 11.2 Å². The number of rotatable bonds is 1. The standard InChI is InChI=1S/C11H11Cl2N5O2/c12-8-7-9(16-10(13)15-8)18(5-14-7)6-2-1-3-17(4-6)11(19)20/h5-6H,1-4H2,(H,19,20). The average molecular weight is 316 g/mol. The van der Waals surface area contributed by atoms with Crippen molar-refractivity contribution >= 4 is 40.5 Å². The van der Waals surface area contributed by atoms with E-state index in [4.69, 9.17) is 28.3 Å². The molecule has 1 aliphatic rings. The fraction of sp³-hybridized carbons (Fsp3) is 0.455. The Balaban J connectivity index is 2.00. The van der Waals surface area contributed by atoms with Crippen LogP contribution in [0.15, 0.2) is 6.33 Å². The first-order valence-electron chi connectivity index (χ1n) is 6.09. The molecule has 106 valence electrons. The maximum atomic E-state index is 11.1. The van der Waals surface area contributed by atoms with Gasteiger partial charge in [-0.15, -0.1) is 0 Å². The van der Waals surface area contributed by atoms with E-state index in [0.717, 1.165) is 12.8 Å². The molecular weight excluding hydrogens is 305 g/mol. The third-order valence-corrected chi connectivity index (χ3v) is 3.84. The zero-order chi connectivity index (χ0) is 14.3. The van der Waals surface area contributed by atoms with E-state index in [1.54, 1.807) is 6.33 Å². The van der Waals surface area contributed by atoms with Crippen molar-refractivity contribution in [2.45, 2.75) is 18.9 Å². The molecule has 7 nitrogen and oxygen atoms in total. The summed E-state index contributed by atoms with van der Waals surface area (Å²) in [6, 6.07) is -0.0214. The summed E-state index contributed by atoms with van der Waals surface area (Å²) in [5.41, 5.74) is 1.01. The van der Waals surface area contributed by atoms with E-state index in [-0.39, 0.29) is 16.5 Å². The first-order chi connectivity index (χ1) is 9.56. The average Bonchev–Trinajstić information content (AvgIpc) is 2.82. The van der Waals surface area contributed by atoms with Crippen molar-refractivity contribution in [3.63, 3.8) is 0 Å². The number of halogens is 2. The number of nitrogens with zero attached hydrogens (tertiary/aromatic N) is 5. The lowest BCUT2D eigenvalue weighted by molar-refractivity contribution is 0.122. The van der Waals surface area contributed by atoms with Gasteiger partial charge < -0.3 is 14.6 Å². The normalized spacial score (nSPS) is 19.5. The minimum absolute atomic E-state index is 0.0214. The molecule has 0 bridgehead atoms. The molecule has 0 saturated carbocycles. The Morgan fingerprint density at radius 3 is 2.95 bits per heavy atom. The van der Waals surface area contributed by atoms with Crippen LogP contribution in [0, 0.1) is 0 Å². The van der Waals surface area contributed by atoms with Crippen LogP contribution in [0.1, 0.15) is 18.9 Å². The van der Waals surface area contributed by atoms with E-state index in [1.165, 1.54) is 4.90 Å². The third kappa shape index (κ3) is 2.27. The molecule has 1 fully saturated rings. The van der Waals surface area contributed by atoms with Crippen LogP contribution in [0.4, 0.5) is 4.79 Å². The van der Waals surface area contributed by atoms with Gasteiger partial charge >= 0.3 is 6.09 Å². The number of carboxylic acid groups (broad SMARTS) is 1. The largest absolute Gasteiger partial charge is 0.465 e. The Morgan fingerprint density at radius 1 is 1.40 bits per heavy atom. The van der Waals surface area contributed by atoms with E-state index in [0.29, 0.717) is 24.3 Å². The Hall–Kier alpha value is -1.60. The molecule has 0 radical (unpaired) electrons. The van der Waals surface area contributed by atoms with Crippen molar-refractivity contribution in [2.24, 2.45) is 0 Å². The summed E-state index contributed by atoms with van der Waals surface area (Å²) in [6.07, 6.45) is 2.35. The number of carbonyl (C=O) groups is 1. The highest BCUT2D eigenvalue weighted by Gasteiger charge is 2.26. The summed E-state index contributed by atoms with van der Waals surface area (Å²) in [4.78, 5) is 24.6. The maximum absolute atomic E-state index is 11.1. The smallest absolute Gasteiger partial charge is 0.407 e. The quantitative estimate of drug-likeness (QED) is 0.645. The van der Waals surface area contributed by atoms with Gasteiger partial charge in [0.2, 0.25) is 5.28 Å². The van der Waals surface area contributed by atoms with Crippen molar-refractivity contribution in [3.05, 3.63) is 16.8 Å². The number of fused-ring (bicyclic) bond motifs is 1. The molecule has 9 heteroatoms. The van der Waals surface area contributed by atoms with Crippen LogP contribution in [0.3, 0.4) is 0 Å². The van der Waals surface area contributed by atoms with Crippen molar-refractivity contribution < 1.29 is 9.90 Å². The van der Waals surface area contributed by atoms with Crippen LogP contribution in [0.5, 0.6) is 0 Å². The van der Waals surface area contributed by atoms with Crippen LogP contribution in [-0.4, -0.2) is 48.7 Å². The van der Waals surface area contributed by atoms with Crippen molar-refractivity contribution in [1.82, 2.24) is 24.4 Å². The number of amides is 1. The molecule has 1 amide bonds. The van der Waals surface area contributed by atoms with Crippen molar-refractivity contribution in [3.8, 4) is 0 Å². The topological polar surface area (TPSA) is 84.1 Å². The summed E-state index contributed by atoms with van der Waals surface area (Å²) in [6.45, 7) is 0.953. The van der Waals surface area contributed by atoms with Gasteiger partial charge in [-0.2, -0.15) is 4.98 Å². The number of hydrogen-bond donors (Lipinski definition) is 1. The van der Waals surface area contributed by atoms with Crippen molar-refractivity contribution in [2.75, 3.05) is 13.1 Å². The highest BCUT2D eigenvalue weighted by molar-refractivity contribution is 6.35. The monoisotopic (exact) mass is 315 g/mol. The van der Waals surface area contributed by atoms with E-state index in [2.05, 4.69) is 15.0 Å². The molecule has 1 saturated heterocycles. The molecule has 20 heavy (non-hydrogen) atoms. The zero-order valence-corrected chi connectivity index (χ0v) is 11.8. The zero-order valence-electron chi connectivity index (χ0n) is 10.3. The summed E-state index contributed by atoms with van der Waals surface area (Å²) in [5.74, 6) is 0. The SMILES string of the molecule is O=C(O)N1CCCC(n2cnc3c(Cl)nc(Cl)nc32)C1. The first kappa shape index (κ1) is 13.4. The Kier molecular flexibility index (Phi) is 3.39. The van der Waals surface area contributed by atoms with Crippen LogP contribution in [-0.2, 0) is 0 Å². The number of piperidine rings is 1. The van der Waals surface area contributed by atoms with Gasteiger partial charge in [0.1, 0.15) is 5.52 Å². The van der Waals surface area contributed by atoms with E-state index in [1.807, 2.05) is 4.57 Å². The molecule has 0 aromatic carbocycles. The molecule has 0 aliphatic carbocycles. The number of aromatic nitrogens is 4. The molecule has 1 N–H and O–H groups in total. The molecule has 1 unspecified atom stereocenters. The molecule has 3 heterocycles. The van der Waals surface area contributed by atoms with Gasteiger partial charge in [-0.3, -0.25) is 0 Å². The lowest BCUT2D eigenvalue weighted by Gasteiger charge is -2.31. The minimum Gasteiger partial charge on any atom is -0.465 e. The molecular formula is C11H11Cl2N5O2. The third-order valence-electron chi connectivity index (χ3n) is 3.41. The molecule has 1 atom stereocenters. The van der Waals surface area contributed by atoms with Gasteiger partial charge in [0.25, 0.3) is 0 Å². The maximum Gasteiger partial charge on any atom is 0.407 e. The van der Waals surface area contributed by atoms with Crippen molar-refractivity contribution in [1.29, 1.82) is 0 Å². The first-order valence-corrected chi connectivity index (χ1v) is 6.85. The van der Waals surface area contributed by atoms with Gasteiger partial charge in [0.05, 0.1) is 12.4 Å². The Labute approximate surface area is 124 Å². The molecule has 3 rings (SSSR count). The fourth-order valence-electron chi connectivity index (χ4n) is 2.48. The van der Waals surface area contributed by atoms with Crippen LogP contribution >= 0.6 is 23.2 Å². The highest BCUT2D eigenvalue weighted by Crippen LogP contribution is 2.27. The Morgan fingerprint density at radius 2 is 2.20 bits per heavy atom. The Bertz CT molecular complexity index is 674. The lowest BCUT2D eigenvalue weighted by Crippen LogP contribution is -2.39. The number of imidazole rings is 1. The predicted octanol–water partition coefficient (Wildman–Crippen LogP) is 2.45. The summed E-state index contributed by atoms with van der Waals surface area (Å²) >= 11 is 11.8. The minimum atomic E-state index is -0.912. The summed E-state index contributed by atoms with van der Waals surface area (Å²) in [7, 11) is 0. The molecule has 2 aromatic rings. The highest BCUT2D eigenvalue weighted by atomic mass is 35.5. The molecule has 0 spiro atoms. The van der Waals surface area contributed by atoms with Gasteiger partial charge in [0, 0.05) is 13.1 Å². The van der Waals surface area contributed by atoms with Gasteiger partial charge in [-0.1, -0.05) is 11.6 Å². The van der Waals surface area contributed by atoms with Gasteiger partial charge in [-0.05, 0) is 24.4 Å². The number of likely N-dealkylation sites (tertiary alicyclic amines) is 1. The van der Waals surface area contributed by atoms with E-state index in [9.17, 15) is 4.79 Å². The second-order valence-electron chi connectivity index (χ2n) is 4.63. The van der Waals surface area contributed by atoms with E-state index >= 15 is 0 Å². The van der Waals surface area contributed by atoms with E-state index < -0.39 is 6.09 Å². The van der Waals surface area contributed by atoms with Gasteiger partial charge in [0.15, 0.2) is 10.8 Å². The summed E-state index contributed by atoms with van der Waals surface area (Å²) < 4.78 is 1.82. The second-order valence-corrected chi connectivity index (χ2v) is 5.33. The molecule has 2 aromatic heterocycles. The summed E-state index contributed by atoms with van der Waals surface area (Å²) in [5, 5.41) is 9.34. The fourth-order valence-corrected chi connectivity index (χ4v) is 2.90. The van der Waals surface area contributed by atoms with Crippen LogP contribution in [0.2, 0.25) is 10.4 Å². The second kappa shape index (κ2) is 5.06. The van der Waals surface area contributed by atoms with Gasteiger partial charge in [-0.25, -0.2) is 14.8 Å². The molecule has 1 aliphatic heterocycles.